The minimum atomic E-state index is 0.187. The summed E-state index contributed by atoms with van der Waals surface area (Å²) in [6, 6.07) is 4.74. The highest BCUT2D eigenvalue weighted by Gasteiger charge is 2.29. The summed E-state index contributed by atoms with van der Waals surface area (Å²) >= 11 is 7.61. The van der Waals surface area contributed by atoms with Crippen LogP contribution < -0.4 is 5.73 Å². The van der Waals surface area contributed by atoms with Gasteiger partial charge in [0.1, 0.15) is 0 Å². The molecule has 1 aliphatic carbocycles. The van der Waals surface area contributed by atoms with Gasteiger partial charge in [-0.2, -0.15) is 0 Å². The molecular weight excluding hydrogens is 268 g/mol. The first-order chi connectivity index (χ1) is 8.76. The number of aliphatic hydroxyl groups excluding tert-OH is 1. The van der Waals surface area contributed by atoms with Crippen LogP contribution >= 0.6 is 22.9 Å². The zero-order valence-corrected chi connectivity index (χ0v) is 12.1. The van der Waals surface area contributed by atoms with Crippen LogP contribution in [0.1, 0.15) is 36.6 Å². The second kappa shape index (κ2) is 6.87. The summed E-state index contributed by atoms with van der Waals surface area (Å²) in [6.45, 7) is 1.46. The molecule has 0 bridgehead atoms. The Bertz CT molecular complexity index is 366. The van der Waals surface area contributed by atoms with E-state index < -0.39 is 0 Å². The molecule has 3 nitrogen and oxygen atoms in total. The summed E-state index contributed by atoms with van der Waals surface area (Å²) in [5.74, 6) is 0. The van der Waals surface area contributed by atoms with Crippen molar-refractivity contribution in [3.05, 3.63) is 21.3 Å². The third-order valence-corrected chi connectivity index (χ3v) is 5.03. The van der Waals surface area contributed by atoms with E-state index in [1.165, 1.54) is 30.6 Å². The van der Waals surface area contributed by atoms with Crippen LogP contribution in [0.25, 0.3) is 0 Å². The molecule has 0 amide bonds. The Morgan fingerprint density at radius 3 is 2.67 bits per heavy atom. The maximum absolute atomic E-state index is 9.29. The molecule has 0 aliphatic heterocycles. The van der Waals surface area contributed by atoms with Gasteiger partial charge in [0, 0.05) is 24.0 Å². The average molecular weight is 289 g/mol. The van der Waals surface area contributed by atoms with Crippen molar-refractivity contribution in [2.24, 2.45) is 5.73 Å². The van der Waals surface area contributed by atoms with Gasteiger partial charge < -0.3 is 10.8 Å². The Morgan fingerprint density at radius 2 is 2.17 bits per heavy atom. The SMILES string of the molecule is NCC(c1ccc(Cl)s1)N(CCO)C1CCCC1. The monoisotopic (exact) mass is 288 g/mol. The molecule has 1 aromatic rings. The maximum atomic E-state index is 9.29. The molecule has 3 N–H and O–H groups in total. The second-order valence-electron chi connectivity index (χ2n) is 4.79. The van der Waals surface area contributed by atoms with Crippen LogP contribution in [0.3, 0.4) is 0 Å². The summed E-state index contributed by atoms with van der Waals surface area (Å²) in [4.78, 5) is 3.58. The van der Waals surface area contributed by atoms with Crippen molar-refractivity contribution < 1.29 is 5.11 Å². The molecule has 1 heterocycles. The number of hydrogen-bond donors (Lipinski definition) is 2. The van der Waals surface area contributed by atoms with E-state index in [0.717, 1.165) is 4.34 Å². The second-order valence-corrected chi connectivity index (χ2v) is 6.54. The predicted octanol–water partition coefficient (Wildman–Crippen LogP) is 2.64. The van der Waals surface area contributed by atoms with Gasteiger partial charge in [0.2, 0.25) is 0 Å². The lowest BCUT2D eigenvalue weighted by Gasteiger charge is -2.35. The van der Waals surface area contributed by atoms with Gasteiger partial charge in [-0.05, 0) is 25.0 Å². The standard InChI is InChI=1S/C13H21ClN2OS/c14-13-6-5-12(18-13)11(9-15)16(7-8-17)10-3-1-2-4-10/h5-6,10-11,17H,1-4,7-9,15H2. The highest BCUT2D eigenvalue weighted by atomic mass is 35.5. The maximum Gasteiger partial charge on any atom is 0.0931 e. The summed E-state index contributed by atoms with van der Waals surface area (Å²) in [7, 11) is 0. The van der Waals surface area contributed by atoms with Gasteiger partial charge in [0.25, 0.3) is 0 Å². The Hall–Kier alpha value is -0.130. The van der Waals surface area contributed by atoms with Crippen LogP contribution in [0.5, 0.6) is 0 Å². The van der Waals surface area contributed by atoms with E-state index in [-0.39, 0.29) is 12.6 Å². The van der Waals surface area contributed by atoms with E-state index in [9.17, 15) is 5.11 Å². The molecule has 18 heavy (non-hydrogen) atoms. The van der Waals surface area contributed by atoms with E-state index in [0.29, 0.717) is 19.1 Å². The van der Waals surface area contributed by atoms with E-state index >= 15 is 0 Å². The lowest BCUT2D eigenvalue weighted by molar-refractivity contribution is 0.109. The van der Waals surface area contributed by atoms with Crippen molar-refractivity contribution in [2.45, 2.75) is 37.8 Å². The molecule has 1 aliphatic rings. The minimum Gasteiger partial charge on any atom is -0.395 e. The highest BCUT2D eigenvalue weighted by molar-refractivity contribution is 7.16. The van der Waals surface area contributed by atoms with E-state index in [2.05, 4.69) is 11.0 Å². The topological polar surface area (TPSA) is 49.5 Å². The molecule has 1 unspecified atom stereocenters. The zero-order chi connectivity index (χ0) is 13.0. The van der Waals surface area contributed by atoms with Crippen molar-refractivity contribution in [1.82, 2.24) is 4.90 Å². The van der Waals surface area contributed by atoms with Crippen molar-refractivity contribution in [1.29, 1.82) is 0 Å². The van der Waals surface area contributed by atoms with E-state index in [1.54, 1.807) is 11.3 Å². The number of hydrogen-bond acceptors (Lipinski definition) is 4. The Balaban J connectivity index is 2.15. The van der Waals surface area contributed by atoms with Crippen LogP contribution in [-0.4, -0.2) is 35.7 Å². The molecule has 0 radical (unpaired) electrons. The molecule has 2 rings (SSSR count). The lowest BCUT2D eigenvalue weighted by Crippen LogP contribution is -2.41. The molecule has 0 saturated heterocycles. The minimum absolute atomic E-state index is 0.187. The third-order valence-electron chi connectivity index (χ3n) is 3.70. The molecule has 0 aromatic carbocycles. The summed E-state index contributed by atoms with van der Waals surface area (Å²) in [5, 5.41) is 9.29. The normalized spacial score (nSPS) is 18.7. The fourth-order valence-corrected chi connectivity index (χ4v) is 4.06. The van der Waals surface area contributed by atoms with Gasteiger partial charge in [0.05, 0.1) is 17.0 Å². The van der Waals surface area contributed by atoms with Gasteiger partial charge in [-0.3, -0.25) is 4.90 Å². The summed E-state index contributed by atoms with van der Waals surface area (Å²) in [6.07, 6.45) is 5.01. The first kappa shape index (κ1) is 14.3. The third kappa shape index (κ3) is 3.25. The molecule has 1 saturated carbocycles. The molecule has 1 fully saturated rings. The first-order valence-electron chi connectivity index (χ1n) is 6.58. The average Bonchev–Trinajstić information content (AvgIpc) is 3.00. The fraction of sp³-hybridized carbons (Fsp3) is 0.692. The lowest BCUT2D eigenvalue weighted by atomic mass is 10.1. The molecule has 102 valence electrons. The number of aliphatic hydroxyl groups is 1. The summed E-state index contributed by atoms with van der Waals surface area (Å²) < 4.78 is 0.804. The van der Waals surface area contributed by atoms with E-state index in [1.807, 2.05) is 6.07 Å². The number of halogens is 1. The van der Waals surface area contributed by atoms with Gasteiger partial charge >= 0.3 is 0 Å². The van der Waals surface area contributed by atoms with Crippen LogP contribution in [0.15, 0.2) is 12.1 Å². The first-order valence-corrected chi connectivity index (χ1v) is 7.77. The number of rotatable bonds is 6. The number of nitrogens with zero attached hydrogens (tertiary/aromatic N) is 1. The molecule has 1 atom stereocenters. The zero-order valence-electron chi connectivity index (χ0n) is 10.5. The largest absolute Gasteiger partial charge is 0.395 e. The van der Waals surface area contributed by atoms with Gasteiger partial charge in [-0.25, -0.2) is 0 Å². The van der Waals surface area contributed by atoms with Crippen molar-refractivity contribution >= 4 is 22.9 Å². The quantitative estimate of drug-likeness (QED) is 0.846. The molecule has 5 heteroatoms. The Morgan fingerprint density at radius 1 is 1.44 bits per heavy atom. The van der Waals surface area contributed by atoms with Crippen LogP contribution in [-0.2, 0) is 0 Å². The van der Waals surface area contributed by atoms with E-state index in [4.69, 9.17) is 17.3 Å². The van der Waals surface area contributed by atoms with Crippen LogP contribution in [0.4, 0.5) is 0 Å². The van der Waals surface area contributed by atoms with Crippen molar-refractivity contribution in [3.8, 4) is 0 Å². The number of thiophene rings is 1. The van der Waals surface area contributed by atoms with Crippen LogP contribution in [0.2, 0.25) is 4.34 Å². The summed E-state index contributed by atoms with van der Waals surface area (Å²) in [5.41, 5.74) is 5.95. The fourth-order valence-electron chi connectivity index (χ4n) is 2.87. The van der Waals surface area contributed by atoms with Crippen molar-refractivity contribution in [2.75, 3.05) is 19.7 Å². The van der Waals surface area contributed by atoms with Crippen molar-refractivity contribution in [3.63, 3.8) is 0 Å². The van der Waals surface area contributed by atoms with Gasteiger partial charge in [-0.15, -0.1) is 11.3 Å². The predicted molar refractivity (Wildman–Crippen MR) is 77.2 cm³/mol. The Kier molecular flexibility index (Phi) is 5.45. The molecular formula is C13H21ClN2OS. The smallest absolute Gasteiger partial charge is 0.0931 e. The highest BCUT2D eigenvalue weighted by Crippen LogP contribution is 2.34. The number of nitrogens with two attached hydrogens (primary N) is 1. The van der Waals surface area contributed by atoms with Gasteiger partial charge in [0.15, 0.2) is 0 Å². The molecule has 0 spiro atoms. The molecule has 1 aromatic heterocycles. The Labute approximate surface area is 118 Å². The van der Waals surface area contributed by atoms with Crippen LogP contribution in [0, 0.1) is 0 Å². The van der Waals surface area contributed by atoms with Gasteiger partial charge in [-0.1, -0.05) is 24.4 Å².